The minimum absolute atomic E-state index is 0.0396. The van der Waals surface area contributed by atoms with Gasteiger partial charge in [0.2, 0.25) is 10.0 Å². The first-order valence-electron chi connectivity index (χ1n) is 6.28. The zero-order valence-corrected chi connectivity index (χ0v) is 11.2. The van der Waals surface area contributed by atoms with Crippen LogP contribution in [0.1, 0.15) is 19.3 Å². The molecule has 2 saturated heterocycles. The predicted octanol–water partition coefficient (Wildman–Crippen LogP) is 0.648. The summed E-state index contributed by atoms with van der Waals surface area (Å²) in [7, 11) is -3.76. The number of nitrogens with two attached hydrogens (primary N) is 2. The van der Waals surface area contributed by atoms with Crippen molar-refractivity contribution in [3.63, 3.8) is 0 Å². The van der Waals surface area contributed by atoms with Gasteiger partial charge in [0, 0.05) is 5.69 Å². The highest BCUT2D eigenvalue weighted by Gasteiger charge is 2.40. The van der Waals surface area contributed by atoms with Gasteiger partial charge in [-0.1, -0.05) is 0 Å². The molecular weight excluding hydrogens is 266 g/mol. The van der Waals surface area contributed by atoms with Gasteiger partial charge in [0.1, 0.15) is 4.90 Å². The van der Waals surface area contributed by atoms with Crippen molar-refractivity contribution < 1.29 is 13.2 Å². The van der Waals surface area contributed by atoms with E-state index in [-0.39, 0.29) is 22.7 Å². The van der Waals surface area contributed by atoms with Crippen LogP contribution in [0, 0.1) is 0 Å². The van der Waals surface area contributed by atoms with E-state index in [1.807, 2.05) is 0 Å². The first-order valence-corrected chi connectivity index (χ1v) is 7.82. The van der Waals surface area contributed by atoms with E-state index in [0.717, 1.165) is 24.9 Å². The molecule has 0 spiro atoms. The summed E-state index contributed by atoms with van der Waals surface area (Å²) in [5.41, 5.74) is 6.69. The maximum atomic E-state index is 11.3. The van der Waals surface area contributed by atoms with Gasteiger partial charge in [-0.2, -0.15) is 0 Å². The highest BCUT2D eigenvalue weighted by atomic mass is 32.2. The summed E-state index contributed by atoms with van der Waals surface area (Å²) in [5, 5.41) is 8.42. The maximum absolute atomic E-state index is 11.3. The minimum atomic E-state index is -3.76. The molecule has 3 unspecified atom stereocenters. The van der Waals surface area contributed by atoms with Gasteiger partial charge in [0.05, 0.1) is 23.9 Å². The Balaban J connectivity index is 1.78. The lowest BCUT2D eigenvalue weighted by molar-refractivity contribution is 0.102. The van der Waals surface area contributed by atoms with E-state index in [2.05, 4.69) is 5.32 Å². The molecule has 1 aromatic carbocycles. The molecule has 2 aliphatic rings. The first-order chi connectivity index (χ1) is 8.93. The molecule has 104 valence electrons. The van der Waals surface area contributed by atoms with Gasteiger partial charge in [-0.3, -0.25) is 0 Å². The lowest BCUT2D eigenvalue weighted by Gasteiger charge is -2.21. The first kappa shape index (κ1) is 12.7. The van der Waals surface area contributed by atoms with Crippen molar-refractivity contribution >= 4 is 21.4 Å². The Bertz CT molecular complexity index is 602. The van der Waals surface area contributed by atoms with Crippen LogP contribution in [-0.4, -0.2) is 26.7 Å². The molecule has 0 aromatic heterocycles. The topological polar surface area (TPSA) is 107 Å². The lowest BCUT2D eigenvalue weighted by atomic mass is 9.95. The third kappa shape index (κ3) is 2.41. The average molecular weight is 283 g/mol. The standard InChI is InChI=1S/C12H17N3O3S/c13-9-5-7(1-4-12(9)19(14,16)17)15-10-6-8-2-3-11(10)18-8/h1,4-5,8,10-11,15H,2-3,6,13H2,(H2,14,16,17). The third-order valence-electron chi connectivity index (χ3n) is 3.77. The van der Waals surface area contributed by atoms with Crippen LogP contribution in [0.5, 0.6) is 0 Å². The summed E-state index contributed by atoms with van der Waals surface area (Å²) in [4.78, 5) is -0.0396. The zero-order chi connectivity index (χ0) is 13.6. The molecule has 0 aliphatic carbocycles. The van der Waals surface area contributed by atoms with Crippen LogP contribution in [0.15, 0.2) is 23.1 Å². The number of nitrogen functional groups attached to an aromatic ring is 1. The van der Waals surface area contributed by atoms with Crippen LogP contribution in [0.4, 0.5) is 11.4 Å². The Labute approximate surface area is 112 Å². The molecule has 2 fully saturated rings. The van der Waals surface area contributed by atoms with E-state index >= 15 is 0 Å². The maximum Gasteiger partial charge on any atom is 0.240 e. The molecule has 6 nitrogen and oxygen atoms in total. The van der Waals surface area contributed by atoms with Gasteiger partial charge in [0.25, 0.3) is 0 Å². The van der Waals surface area contributed by atoms with Gasteiger partial charge in [-0.15, -0.1) is 0 Å². The summed E-state index contributed by atoms with van der Waals surface area (Å²) in [5.74, 6) is 0. The highest BCUT2D eigenvalue weighted by Crippen LogP contribution is 2.36. The Morgan fingerprint density at radius 2 is 2.11 bits per heavy atom. The van der Waals surface area contributed by atoms with Gasteiger partial charge >= 0.3 is 0 Å². The van der Waals surface area contributed by atoms with E-state index in [9.17, 15) is 8.42 Å². The van der Waals surface area contributed by atoms with Crippen molar-refractivity contribution in [2.45, 2.75) is 42.4 Å². The Kier molecular flexibility index (Phi) is 2.92. The lowest BCUT2D eigenvalue weighted by Crippen LogP contribution is -2.30. The number of benzene rings is 1. The van der Waals surface area contributed by atoms with E-state index in [1.54, 1.807) is 12.1 Å². The fourth-order valence-electron chi connectivity index (χ4n) is 2.90. The highest BCUT2D eigenvalue weighted by molar-refractivity contribution is 7.89. The van der Waals surface area contributed by atoms with Crippen LogP contribution in [-0.2, 0) is 14.8 Å². The zero-order valence-electron chi connectivity index (χ0n) is 10.4. The van der Waals surface area contributed by atoms with E-state index < -0.39 is 10.0 Å². The van der Waals surface area contributed by atoms with Crippen LogP contribution < -0.4 is 16.2 Å². The Morgan fingerprint density at radius 1 is 1.32 bits per heavy atom. The fraction of sp³-hybridized carbons (Fsp3) is 0.500. The number of sulfonamides is 1. The number of ether oxygens (including phenoxy) is 1. The van der Waals surface area contributed by atoms with Gasteiger partial charge < -0.3 is 15.8 Å². The molecule has 0 amide bonds. The van der Waals surface area contributed by atoms with E-state index in [1.165, 1.54) is 6.07 Å². The number of rotatable bonds is 3. The third-order valence-corrected chi connectivity index (χ3v) is 4.76. The van der Waals surface area contributed by atoms with Crippen LogP contribution in [0.25, 0.3) is 0 Å². The number of anilines is 2. The second kappa shape index (κ2) is 4.36. The van der Waals surface area contributed by atoms with Gasteiger partial charge in [0.15, 0.2) is 0 Å². The van der Waals surface area contributed by atoms with Crippen LogP contribution in [0.2, 0.25) is 0 Å². The SMILES string of the molecule is Nc1cc(NC2CC3CCC2O3)ccc1S(N)(=O)=O. The monoisotopic (exact) mass is 283 g/mol. The molecule has 0 radical (unpaired) electrons. The molecule has 5 N–H and O–H groups in total. The van der Waals surface area contributed by atoms with Crippen molar-refractivity contribution in [1.82, 2.24) is 0 Å². The number of hydrogen-bond acceptors (Lipinski definition) is 5. The van der Waals surface area contributed by atoms with E-state index in [0.29, 0.717) is 6.10 Å². The summed E-state index contributed by atoms with van der Waals surface area (Å²) < 4.78 is 28.3. The molecule has 19 heavy (non-hydrogen) atoms. The summed E-state index contributed by atoms with van der Waals surface area (Å²) >= 11 is 0. The number of fused-ring (bicyclic) bond motifs is 2. The summed E-state index contributed by atoms with van der Waals surface area (Å²) in [6.07, 6.45) is 3.82. The van der Waals surface area contributed by atoms with Gasteiger partial charge in [-0.05, 0) is 37.5 Å². The number of nitrogens with one attached hydrogen (secondary N) is 1. The molecule has 2 heterocycles. The normalized spacial score (nSPS) is 29.6. The summed E-state index contributed by atoms with van der Waals surface area (Å²) in [6.45, 7) is 0. The largest absolute Gasteiger partial charge is 0.398 e. The van der Waals surface area contributed by atoms with Crippen LogP contribution >= 0.6 is 0 Å². The minimum Gasteiger partial charge on any atom is -0.398 e. The average Bonchev–Trinajstić information content (AvgIpc) is 2.89. The molecule has 2 bridgehead atoms. The molecule has 3 atom stereocenters. The Morgan fingerprint density at radius 3 is 2.63 bits per heavy atom. The smallest absolute Gasteiger partial charge is 0.240 e. The molecule has 7 heteroatoms. The van der Waals surface area contributed by atoms with Crippen molar-refractivity contribution in [3.8, 4) is 0 Å². The van der Waals surface area contributed by atoms with Crippen LogP contribution in [0.3, 0.4) is 0 Å². The number of primary sulfonamides is 1. The fourth-order valence-corrected chi connectivity index (χ4v) is 3.55. The quantitative estimate of drug-likeness (QED) is 0.706. The van der Waals surface area contributed by atoms with Crippen molar-refractivity contribution in [3.05, 3.63) is 18.2 Å². The molecule has 1 aromatic rings. The van der Waals surface area contributed by atoms with Crippen molar-refractivity contribution in [2.24, 2.45) is 5.14 Å². The molecular formula is C12H17N3O3S. The second-order valence-electron chi connectivity index (χ2n) is 5.16. The summed E-state index contributed by atoms with van der Waals surface area (Å²) in [6, 6.07) is 4.99. The second-order valence-corrected chi connectivity index (χ2v) is 6.69. The number of hydrogen-bond donors (Lipinski definition) is 3. The predicted molar refractivity (Wildman–Crippen MR) is 72.2 cm³/mol. The molecule has 3 rings (SSSR count). The Hall–Kier alpha value is -1.31. The molecule has 0 saturated carbocycles. The molecule has 2 aliphatic heterocycles. The van der Waals surface area contributed by atoms with Gasteiger partial charge in [-0.25, -0.2) is 13.6 Å². The van der Waals surface area contributed by atoms with Crippen molar-refractivity contribution in [2.75, 3.05) is 11.1 Å². The van der Waals surface area contributed by atoms with Crippen molar-refractivity contribution in [1.29, 1.82) is 0 Å². The van der Waals surface area contributed by atoms with E-state index in [4.69, 9.17) is 15.6 Å².